The zero-order valence-corrected chi connectivity index (χ0v) is 16.5. The van der Waals surface area contributed by atoms with Crippen molar-refractivity contribution in [3.05, 3.63) is 42.0 Å². The summed E-state index contributed by atoms with van der Waals surface area (Å²) in [5.41, 5.74) is 0.830. The Bertz CT molecular complexity index is 753. The lowest BCUT2D eigenvalue weighted by atomic mass is 9.88. The first-order valence-electron chi connectivity index (χ1n) is 8.78. The second kappa shape index (κ2) is 7.23. The molecule has 0 radical (unpaired) electrons. The molecule has 0 spiro atoms. The highest BCUT2D eigenvalue weighted by molar-refractivity contribution is 8.93. The van der Waals surface area contributed by atoms with Gasteiger partial charge >= 0.3 is 0 Å². The largest absolute Gasteiger partial charge is 0.497 e. The number of fused-ring (bicyclic) bond motifs is 2. The number of halogens is 1. The average Bonchev–Trinajstić information content (AvgIpc) is 2.60. The molecule has 3 unspecified atom stereocenters. The van der Waals surface area contributed by atoms with Crippen LogP contribution in [0.25, 0.3) is 10.8 Å². The number of morpholine rings is 1. The van der Waals surface area contributed by atoms with Gasteiger partial charge in [0.25, 0.3) is 0 Å². The number of methoxy groups -OCH3 is 1. The fraction of sp³-hybridized carbons (Fsp3) is 0.500. The van der Waals surface area contributed by atoms with Gasteiger partial charge in [-0.2, -0.15) is 0 Å². The predicted octanol–water partition coefficient (Wildman–Crippen LogP) is 3.84. The first kappa shape index (κ1) is 18.6. The maximum Gasteiger partial charge on any atom is 0.205 e. The van der Waals surface area contributed by atoms with Crippen LogP contribution in [0, 0.1) is 0 Å². The molecule has 1 saturated heterocycles. The third-order valence-electron chi connectivity index (χ3n) is 5.54. The van der Waals surface area contributed by atoms with E-state index in [1.807, 2.05) is 36.4 Å². The Kier molecular flexibility index (Phi) is 5.40. The summed E-state index contributed by atoms with van der Waals surface area (Å²) in [7, 11) is 3.77. The van der Waals surface area contributed by atoms with Crippen LogP contribution in [0.1, 0.15) is 31.2 Å². The molecule has 2 aromatic carbocycles. The van der Waals surface area contributed by atoms with Crippen LogP contribution in [0.15, 0.2) is 36.4 Å². The third kappa shape index (κ3) is 3.43. The summed E-state index contributed by atoms with van der Waals surface area (Å²) in [4.78, 5) is 2.27. The summed E-state index contributed by atoms with van der Waals surface area (Å²) in [5, 5.41) is 13.4. The molecule has 0 aromatic heterocycles. The third-order valence-corrected chi connectivity index (χ3v) is 5.54. The molecule has 3 atom stereocenters. The van der Waals surface area contributed by atoms with Gasteiger partial charge in [0, 0.05) is 11.6 Å². The van der Waals surface area contributed by atoms with Crippen molar-refractivity contribution in [2.75, 3.05) is 20.7 Å². The molecule has 2 fully saturated rings. The van der Waals surface area contributed by atoms with E-state index in [1.54, 1.807) is 7.11 Å². The van der Waals surface area contributed by atoms with Crippen LogP contribution in [0.5, 0.6) is 5.75 Å². The van der Waals surface area contributed by atoms with Crippen LogP contribution in [0.4, 0.5) is 0 Å². The molecule has 0 amide bonds. The van der Waals surface area contributed by atoms with Crippen molar-refractivity contribution in [2.24, 2.45) is 0 Å². The van der Waals surface area contributed by atoms with E-state index in [1.165, 1.54) is 12.8 Å². The Morgan fingerprint density at radius 1 is 1.12 bits per heavy atom. The maximum absolute atomic E-state index is 11.2. The second-order valence-electron chi connectivity index (χ2n) is 7.14. The molecule has 1 N–H and O–H groups in total. The molecule has 5 heteroatoms. The van der Waals surface area contributed by atoms with Crippen molar-refractivity contribution in [3.8, 4) is 5.75 Å². The molecular weight excluding hydrogens is 382 g/mol. The standard InChI is InChI=1S/C20H25NO3.BrH/c1-21-13-20(22,24-19-6-4-3-5-18(19)21)16-9-7-15-12-17(23-2)10-8-14(15)11-16;/h7-12,18-19,22H,3-6,13H2,1-2H3;1H. The van der Waals surface area contributed by atoms with Gasteiger partial charge in [-0.25, -0.2) is 0 Å². The molecular formula is C20H26BrNO3. The molecule has 1 heterocycles. The molecule has 4 rings (SSSR count). The predicted molar refractivity (Wildman–Crippen MR) is 104 cm³/mol. The van der Waals surface area contributed by atoms with Gasteiger partial charge in [0.1, 0.15) is 5.75 Å². The van der Waals surface area contributed by atoms with Crippen LogP contribution in [0.2, 0.25) is 0 Å². The van der Waals surface area contributed by atoms with Gasteiger partial charge in [-0.3, -0.25) is 4.90 Å². The number of rotatable bonds is 2. The van der Waals surface area contributed by atoms with E-state index in [2.05, 4.69) is 11.9 Å². The van der Waals surface area contributed by atoms with E-state index in [9.17, 15) is 5.11 Å². The number of benzene rings is 2. The lowest BCUT2D eigenvalue weighted by Crippen LogP contribution is -2.58. The molecule has 1 aliphatic heterocycles. The lowest BCUT2D eigenvalue weighted by Gasteiger charge is -2.49. The average molecular weight is 408 g/mol. The Morgan fingerprint density at radius 3 is 2.64 bits per heavy atom. The summed E-state index contributed by atoms with van der Waals surface area (Å²) in [6.07, 6.45) is 4.75. The molecule has 136 valence electrons. The monoisotopic (exact) mass is 407 g/mol. The van der Waals surface area contributed by atoms with Crippen molar-refractivity contribution >= 4 is 27.8 Å². The van der Waals surface area contributed by atoms with Crippen molar-refractivity contribution < 1.29 is 14.6 Å². The number of ether oxygens (including phenoxy) is 2. The van der Waals surface area contributed by atoms with Crippen LogP contribution < -0.4 is 4.74 Å². The number of hydrogen-bond donors (Lipinski definition) is 1. The molecule has 4 nitrogen and oxygen atoms in total. The summed E-state index contributed by atoms with van der Waals surface area (Å²) in [6, 6.07) is 12.4. The fourth-order valence-corrected chi connectivity index (χ4v) is 4.22. The fourth-order valence-electron chi connectivity index (χ4n) is 4.22. The number of β-amino-alcohol motifs (C(OH)–C–C–N with tert-alkyl or cyclic N) is 1. The van der Waals surface area contributed by atoms with Crippen LogP contribution >= 0.6 is 17.0 Å². The molecule has 2 aliphatic rings. The smallest absolute Gasteiger partial charge is 0.205 e. The highest BCUT2D eigenvalue weighted by Gasteiger charge is 2.45. The normalized spacial score (nSPS) is 29.7. The first-order valence-corrected chi connectivity index (χ1v) is 8.78. The minimum absolute atomic E-state index is 0. The minimum Gasteiger partial charge on any atom is -0.497 e. The van der Waals surface area contributed by atoms with Crippen LogP contribution in [-0.2, 0) is 10.5 Å². The quantitative estimate of drug-likeness (QED) is 0.820. The van der Waals surface area contributed by atoms with Gasteiger partial charge in [0.2, 0.25) is 5.79 Å². The highest BCUT2D eigenvalue weighted by Crippen LogP contribution is 2.38. The van der Waals surface area contributed by atoms with Gasteiger partial charge in [-0.15, -0.1) is 17.0 Å². The van der Waals surface area contributed by atoms with E-state index < -0.39 is 5.79 Å². The van der Waals surface area contributed by atoms with Crippen molar-refractivity contribution in [1.29, 1.82) is 0 Å². The van der Waals surface area contributed by atoms with Gasteiger partial charge in [-0.1, -0.05) is 31.0 Å². The summed E-state index contributed by atoms with van der Waals surface area (Å²) >= 11 is 0. The topological polar surface area (TPSA) is 41.9 Å². The highest BCUT2D eigenvalue weighted by atomic mass is 79.9. The Balaban J connectivity index is 0.00000182. The van der Waals surface area contributed by atoms with Crippen LogP contribution in [0.3, 0.4) is 0 Å². The number of hydrogen-bond acceptors (Lipinski definition) is 4. The maximum atomic E-state index is 11.2. The molecule has 0 bridgehead atoms. The molecule has 2 aromatic rings. The Hall–Kier alpha value is -1.14. The minimum atomic E-state index is -1.23. The summed E-state index contributed by atoms with van der Waals surface area (Å²) < 4.78 is 11.5. The van der Waals surface area contributed by atoms with Crippen molar-refractivity contribution in [3.63, 3.8) is 0 Å². The number of likely N-dealkylation sites (N-methyl/N-ethyl adjacent to an activating group) is 1. The van der Waals surface area contributed by atoms with Gasteiger partial charge in [0.05, 0.1) is 19.8 Å². The first-order chi connectivity index (χ1) is 11.6. The number of aliphatic hydroxyl groups is 1. The van der Waals surface area contributed by atoms with Gasteiger partial charge in [-0.05, 0) is 48.9 Å². The van der Waals surface area contributed by atoms with E-state index >= 15 is 0 Å². The zero-order valence-electron chi connectivity index (χ0n) is 14.8. The second-order valence-corrected chi connectivity index (χ2v) is 7.14. The molecule has 1 aliphatic carbocycles. The zero-order chi connectivity index (χ0) is 16.7. The Morgan fingerprint density at radius 2 is 1.84 bits per heavy atom. The SMILES string of the molecule is Br.COc1ccc2cc(C3(O)CN(C)C4CCCCC4O3)ccc2c1. The van der Waals surface area contributed by atoms with Crippen molar-refractivity contribution in [1.82, 2.24) is 4.90 Å². The van der Waals surface area contributed by atoms with E-state index in [0.29, 0.717) is 12.6 Å². The van der Waals surface area contributed by atoms with E-state index in [-0.39, 0.29) is 23.1 Å². The van der Waals surface area contributed by atoms with Gasteiger partial charge < -0.3 is 14.6 Å². The summed E-state index contributed by atoms with van der Waals surface area (Å²) in [5.74, 6) is -0.394. The van der Waals surface area contributed by atoms with Crippen LogP contribution in [-0.4, -0.2) is 42.9 Å². The van der Waals surface area contributed by atoms with Crippen molar-refractivity contribution in [2.45, 2.75) is 43.6 Å². The Labute approximate surface area is 159 Å². The number of nitrogens with zero attached hydrogens (tertiary/aromatic N) is 1. The van der Waals surface area contributed by atoms with Gasteiger partial charge in [0.15, 0.2) is 0 Å². The van der Waals surface area contributed by atoms with E-state index in [0.717, 1.165) is 34.9 Å². The molecule has 25 heavy (non-hydrogen) atoms. The lowest BCUT2D eigenvalue weighted by molar-refractivity contribution is -0.293. The molecule has 1 saturated carbocycles. The van der Waals surface area contributed by atoms with E-state index in [4.69, 9.17) is 9.47 Å². The summed E-state index contributed by atoms with van der Waals surface area (Å²) in [6.45, 7) is 0.510.